The fourth-order valence-corrected chi connectivity index (χ4v) is 2.09. The molecular formula is C15H27F3N4O2. The molecule has 0 aromatic heterocycles. The predicted octanol–water partition coefficient (Wildman–Crippen LogP) is 2.50. The maximum absolute atomic E-state index is 12.0. The van der Waals surface area contributed by atoms with Crippen LogP contribution in [0.2, 0.25) is 0 Å². The lowest BCUT2D eigenvalue weighted by molar-refractivity contribution is -0.135. The number of rotatable bonds is 5. The molecule has 0 aliphatic carbocycles. The summed E-state index contributed by atoms with van der Waals surface area (Å²) in [6.45, 7) is 6.85. The Labute approximate surface area is 140 Å². The Bertz CT molecular complexity index is 441. The lowest BCUT2D eigenvalue weighted by atomic mass is 10.1. The first-order valence-corrected chi connectivity index (χ1v) is 8.02. The molecule has 0 radical (unpaired) electrons. The Hall–Kier alpha value is -1.67. The van der Waals surface area contributed by atoms with Crippen LogP contribution in [-0.2, 0) is 4.74 Å². The third kappa shape index (κ3) is 8.26. The SMILES string of the molecule is CN=C(NCCCCC(F)(F)F)NC1CN(C(=O)OC(C)(C)C)C1. The van der Waals surface area contributed by atoms with Gasteiger partial charge in [-0.15, -0.1) is 0 Å². The standard InChI is InChI=1S/C15H27F3N4O2/c1-14(2,3)24-13(23)22-9-11(10-22)21-12(19-4)20-8-6-5-7-15(16,17)18/h11H,5-10H2,1-4H3,(H2,19,20,21). The molecule has 140 valence electrons. The number of alkyl halides is 3. The summed E-state index contributed by atoms with van der Waals surface area (Å²) in [5.41, 5.74) is -0.524. The van der Waals surface area contributed by atoms with Gasteiger partial charge in [0, 0.05) is 33.1 Å². The number of unbranched alkanes of at least 4 members (excludes halogenated alkanes) is 1. The zero-order valence-electron chi connectivity index (χ0n) is 14.7. The fourth-order valence-electron chi connectivity index (χ4n) is 2.09. The van der Waals surface area contributed by atoms with E-state index in [4.69, 9.17) is 4.74 Å². The maximum Gasteiger partial charge on any atom is 0.410 e. The second-order valence-electron chi connectivity index (χ2n) is 6.80. The number of carbonyl (C=O) groups is 1. The van der Waals surface area contributed by atoms with Crippen molar-refractivity contribution in [2.75, 3.05) is 26.7 Å². The summed E-state index contributed by atoms with van der Waals surface area (Å²) in [4.78, 5) is 17.4. The highest BCUT2D eigenvalue weighted by atomic mass is 19.4. The molecule has 1 aliphatic rings. The van der Waals surface area contributed by atoms with Crippen LogP contribution in [0.1, 0.15) is 40.0 Å². The van der Waals surface area contributed by atoms with Crippen molar-refractivity contribution in [3.8, 4) is 0 Å². The quantitative estimate of drug-likeness (QED) is 0.453. The number of nitrogens with one attached hydrogen (secondary N) is 2. The third-order valence-electron chi connectivity index (χ3n) is 3.28. The van der Waals surface area contributed by atoms with Crippen LogP contribution in [0.5, 0.6) is 0 Å². The highest BCUT2D eigenvalue weighted by Crippen LogP contribution is 2.21. The topological polar surface area (TPSA) is 66.0 Å². The van der Waals surface area contributed by atoms with Crippen molar-refractivity contribution in [3.05, 3.63) is 0 Å². The minimum absolute atomic E-state index is 0.0545. The summed E-state index contributed by atoms with van der Waals surface area (Å²) in [5, 5.41) is 6.10. The molecule has 0 unspecified atom stereocenters. The second-order valence-corrected chi connectivity index (χ2v) is 6.80. The van der Waals surface area contributed by atoms with Gasteiger partial charge in [0.25, 0.3) is 0 Å². The summed E-state index contributed by atoms with van der Waals surface area (Å²) in [7, 11) is 1.59. The molecule has 1 heterocycles. The van der Waals surface area contributed by atoms with E-state index in [0.29, 0.717) is 32.0 Å². The van der Waals surface area contributed by atoms with Crippen molar-refractivity contribution >= 4 is 12.1 Å². The molecule has 0 aromatic rings. The average Bonchev–Trinajstić information content (AvgIpc) is 2.35. The molecule has 1 amide bonds. The lowest BCUT2D eigenvalue weighted by Crippen LogP contribution is -2.63. The van der Waals surface area contributed by atoms with E-state index in [-0.39, 0.29) is 18.6 Å². The first-order chi connectivity index (χ1) is 11.0. The first kappa shape index (κ1) is 20.4. The average molecular weight is 352 g/mol. The number of carbonyl (C=O) groups excluding carboxylic acids is 1. The van der Waals surface area contributed by atoms with Crippen LogP contribution in [0.25, 0.3) is 0 Å². The van der Waals surface area contributed by atoms with Crippen LogP contribution >= 0.6 is 0 Å². The number of likely N-dealkylation sites (tertiary alicyclic amines) is 1. The van der Waals surface area contributed by atoms with E-state index in [2.05, 4.69) is 15.6 Å². The van der Waals surface area contributed by atoms with E-state index in [0.717, 1.165) is 0 Å². The van der Waals surface area contributed by atoms with Crippen molar-refractivity contribution < 1.29 is 22.7 Å². The molecule has 0 saturated carbocycles. The molecule has 1 rings (SSSR count). The molecule has 6 nitrogen and oxygen atoms in total. The number of aliphatic imine (C=N–C) groups is 1. The molecule has 9 heteroatoms. The molecule has 1 fully saturated rings. The highest BCUT2D eigenvalue weighted by Gasteiger charge is 2.34. The van der Waals surface area contributed by atoms with Gasteiger partial charge in [-0.3, -0.25) is 4.99 Å². The fraction of sp³-hybridized carbons (Fsp3) is 0.867. The zero-order valence-corrected chi connectivity index (χ0v) is 14.7. The molecule has 0 bridgehead atoms. The first-order valence-electron chi connectivity index (χ1n) is 8.02. The van der Waals surface area contributed by atoms with Gasteiger partial charge in [-0.25, -0.2) is 4.79 Å². The Morgan fingerprint density at radius 1 is 1.25 bits per heavy atom. The van der Waals surface area contributed by atoms with E-state index in [1.165, 1.54) is 0 Å². The molecule has 1 saturated heterocycles. The molecule has 0 aromatic carbocycles. The Morgan fingerprint density at radius 2 is 1.88 bits per heavy atom. The highest BCUT2D eigenvalue weighted by molar-refractivity contribution is 5.80. The van der Waals surface area contributed by atoms with Gasteiger partial charge in [0.2, 0.25) is 0 Å². The smallest absolute Gasteiger partial charge is 0.410 e. The van der Waals surface area contributed by atoms with Crippen molar-refractivity contribution in [3.63, 3.8) is 0 Å². The van der Waals surface area contributed by atoms with Crippen LogP contribution in [0.3, 0.4) is 0 Å². The van der Waals surface area contributed by atoms with Gasteiger partial charge in [0.05, 0.1) is 6.04 Å². The van der Waals surface area contributed by atoms with Gasteiger partial charge in [-0.1, -0.05) is 0 Å². The summed E-state index contributed by atoms with van der Waals surface area (Å²) >= 11 is 0. The Balaban J connectivity index is 2.19. The largest absolute Gasteiger partial charge is 0.444 e. The zero-order chi connectivity index (χ0) is 18.4. The van der Waals surface area contributed by atoms with E-state index in [1.807, 2.05) is 20.8 Å². The maximum atomic E-state index is 12.0. The minimum atomic E-state index is -4.10. The summed E-state index contributed by atoms with van der Waals surface area (Å²) in [6.07, 6.45) is -4.72. The van der Waals surface area contributed by atoms with Gasteiger partial charge in [-0.2, -0.15) is 13.2 Å². The predicted molar refractivity (Wildman–Crippen MR) is 86.0 cm³/mol. The van der Waals surface area contributed by atoms with Crippen molar-refractivity contribution in [1.29, 1.82) is 0 Å². The van der Waals surface area contributed by atoms with Crippen LogP contribution in [-0.4, -0.2) is 61.5 Å². The van der Waals surface area contributed by atoms with E-state index >= 15 is 0 Å². The number of hydrogen-bond acceptors (Lipinski definition) is 3. The summed E-state index contributed by atoms with van der Waals surface area (Å²) in [5.74, 6) is 0.524. The monoisotopic (exact) mass is 352 g/mol. The van der Waals surface area contributed by atoms with E-state index < -0.39 is 18.2 Å². The van der Waals surface area contributed by atoms with Gasteiger partial charge in [0.15, 0.2) is 5.96 Å². The van der Waals surface area contributed by atoms with Crippen molar-refractivity contribution in [2.24, 2.45) is 4.99 Å². The number of halogens is 3. The second kappa shape index (κ2) is 8.43. The molecular weight excluding hydrogens is 325 g/mol. The van der Waals surface area contributed by atoms with E-state index in [9.17, 15) is 18.0 Å². The lowest BCUT2D eigenvalue weighted by Gasteiger charge is -2.40. The molecule has 24 heavy (non-hydrogen) atoms. The summed E-state index contributed by atoms with van der Waals surface area (Å²) < 4.78 is 41.4. The van der Waals surface area contributed by atoms with Crippen LogP contribution in [0.4, 0.5) is 18.0 Å². The molecule has 0 spiro atoms. The number of guanidine groups is 1. The van der Waals surface area contributed by atoms with E-state index in [1.54, 1.807) is 11.9 Å². The molecule has 1 aliphatic heterocycles. The van der Waals surface area contributed by atoms with Gasteiger partial charge in [0.1, 0.15) is 5.60 Å². The van der Waals surface area contributed by atoms with Crippen molar-refractivity contribution in [2.45, 2.75) is 57.9 Å². The van der Waals surface area contributed by atoms with Crippen LogP contribution in [0.15, 0.2) is 4.99 Å². The summed E-state index contributed by atoms with van der Waals surface area (Å²) in [6, 6.07) is 0.0545. The Kier molecular flexibility index (Phi) is 7.16. The molecule has 2 N–H and O–H groups in total. The van der Waals surface area contributed by atoms with Gasteiger partial charge >= 0.3 is 12.3 Å². The number of nitrogens with zero attached hydrogens (tertiary/aromatic N) is 2. The minimum Gasteiger partial charge on any atom is -0.444 e. The van der Waals surface area contributed by atoms with Crippen LogP contribution in [0, 0.1) is 0 Å². The van der Waals surface area contributed by atoms with Crippen LogP contribution < -0.4 is 10.6 Å². The molecule has 0 atom stereocenters. The number of hydrogen-bond donors (Lipinski definition) is 2. The van der Waals surface area contributed by atoms with Gasteiger partial charge in [-0.05, 0) is 33.6 Å². The Morgan fingerprint density at radius 3 is 2.38 bits per heavy atom. The van der Waals surface area contributed by atoms with Gasteiger partial charge < -0.3 is 20.3 Å². The van der Waals surface area contributed by atoms with Crippen molar-refractivity contribution in [1.82, 2.24) is 15.5 Å². The number of ether oxygens (including phenoxy) is 1. The normalized spacial score (nSPS) is 16.6. The number of amides is 1. The third-order valence-corrected chi connectivity index (χ3v) is 3.28.